The Labute approximate surface area is 283 Å². The minimum absolute atomic E-state index is 0.00993. The van der Waals surface area contributed by atoms with E-state index in [0.29, 0.717) is 22.7 Å². The monoisotopic (exact) mass is 639 g/mol. The van der Waals surface area contributed by atoms with E-state index in [-0.39, 0.29) is 22.7 Å². The summed E-state index contributed by atoms with van der Waals surface area (Å²) in [7, 11) is 0. The van der Waals surface area contributed by atoms with E-state index >= 15 is 8.78 Å². The van der Waals surface area contributed by atoms with Gasteiger partial charge in [-0.25, -0.2) is 8.78 Å². The number of allylic oxidation sites excluding steroid dienone is 2. The van der Waals surface area contributed by atoms with E-state index in [2.05, 4.69) is 61.5 Å². The maximum atomic E-state index is 15.1. The van der Waals surface area contributed by atoms with Crippen LogP contribution in [0, 0.1) is 86.8 Å². The molecule has 0 aromatic carbocycles. The summed E-state index contributed by atoms with van der Waals surface area (Å²) in [5.74, 6) is 7.92. The summed E-state index contributed by atoms with van der Waals surface area (Å²) in [6.07, 6.45) is 23.6. The van der Waals surface area contributed by atoms with Gasteiger partial charge in [0, 0.05) is 10.8 Å². The number of rotatable bonds is 0. The largest absolute Gasteiger partial charge is 0.247 e. The molecule has 0 aliphatic heterocycles. The Morgan fingerprint density at radius 2 is 1.09 bits per heavy atom. The van der Waals surface area contributed by atoms with Gasteiger partial charge >= 0.3 is 0 Å². The van der Waals surface area contributed by atoms with E-state index in [9.17, 15) is 0 Å². The van der Waals surface area contributed by atoms with Gasteiger partial charge in [-0.05, 0) is 179 Å². The molecule has 8 rings (SSSR count). The number of halogens is 2. The molecular weight excluding hydrogens is 566 g/mol. The molecular formula is C44H72F2. The second-order valence-electron chi connectivity index (χ2n) is 20.6. The fourth-order valence-corrected chi connectivity index (χ4v) is 15.3. The summed E-state index contributed by atoms with van der Waals surface area (Å²) in [6.45, 7) is 19.0. The van der Waals surface area contributed by atoms with Crippen molar-refractivity contribution in [2.45, 2.75) is 177 Å². The van der Waals surface area contributed by atoms with Gasteiger partial charge in [0.1, 0.15) is 12.3 Å². The number of hydrogen-bond acceptors (Lipinski definition) is 0. The third-order valence-electron chi connectivity index (χ3n) is 18.3. The Balaban J connectivity index is 0.000000147. The summed E-state index contributed by atoms with van der Waals surface area (Å²) < 4.78 is 30.3. The molecule has 0 heterocycles. The van der Waals surface area contributed by atoms with Crippen LogP contribution in [0.5, 0.6) is 0 Å². The van der Waals surface area contributed by atoms with E-state index in [4.69, 9.17) is 0 Å². The van der Waals surface area contributed by atoms with Gasteiger partial charge in [0.15, 0.2) is 0 Å². The van der Waals surface area contributed by atoms with Crippen molar-refractivity contribution >= 4 is 0 Å². The lowest BCUT2D eigenvalue weighted by molar-refractivity contribution is -0.157. The first-order valence-corrected chi connectivity index (χ1v) is 20.7. The van der Waals surface area contributed by atoms with Crippen molar-refractivity contribution in [1.29, 1.82) is 0 Å². The number of hydrogen-bond donors (Lipinski definition) is 0. The molecule has 0 aromatic rings. The van der Waals surface area contributed by atoms with Crippen LogP contribution >= 0.6 is 0 Å². The second kappa shape index (κ2) is 12.1. The molecule has 0 amide bonds. The van der Waals surface area contributed by atoms with Crippen molar-refractivity contribution in [3.8, 4) is 0 Å². The van der Waals surface area contributed by atoms with Crippen molar-refractivity contribution < 1.29 is 8.78 Å². The molecule has 8 aliphatic carbocycles. The van der Waals surface area contributed by atoms with Gasteiger partial charge in [-0.15, -0.1) is 0 Å². The van der Waals surface area contributed by atoms with Crippen LogP contribution in [0.15, 0.2) is 11.6 Å². The molecule has 262 valence electrons. The van der Waals surface area contributed by atoms with Crippen molar-refractivity contribution in [3.05, 3.63) is 11.6 Å². The molecule has 0 saturated heterocycles. The summed E-state index contributed by atoms with van der Waals surface area (Å²) in [5.41, 5.74) is 2.73. The van der Waals surface area contributed by atoms with Crippen LogP contribution < -0.4 is 0 Å². The highest BCUT2D eigenvalue weighted by Gasteiger charge is 2.61. The highest BCUT2D eigenvalue weighted by Crippen LogP contribution is 2.67. The molecule has 2 heteroatoms. The van der Waals surface area contributed by atoms with Gasteiger partial charge in [-0.3, -0.25) is 0 Å². The average molecular weight is 639 g/mol. The van der Waals surface area contributed by atoms with E-state index in [1.807, 2.05) is 0 Å². The van der Waals surface area contributed by atoms with Gasteiger partial charge < -0.3 is 0 Å². The summed E-state index contributed by atoms with van der Waals surface area (Å²) in [5, 5.41) is 0. The summed E-state index contributed by atoms with van der Waals surface area (Å²) in [6, 6.07) is 0. The third-order valence-corrected chi connectivity index (χ3v) is 18.3. The Bertz CT molecular complexity index is 1140. The molecule has 7 saturated carbocycles. The molecule has 0 aromatic heterocycles. The Kier molecular flexibility index (Phi) is 8.98. The molecule has 8 aliphatic rings. The Morgan fingerprint density at radius 3 is 1.74 bits per heavy atom. The number of fused-ring (bicyclic) bond motifs is 10. The van der Waals surface area contributed by atoms with Crippen molar-refractivity contribution in [2.75, 3.05) is 0 Å². The maximum Gasteiger partial charge on any atom is 0.108 e. The van der Waals surface area contributed by atoms with E-state index < -0.39 is 12.3 Å². The average Bonchev–Trinajstić information content (AvgIpc) is 3.02. The smallest absolute Gasteiger partial charge is 0.108 e. The first-order valence-electron chi connectivity index (χ1n) is 20.7. The predicted molar refractivity (Wildman–Crippen MR) is 190 cm³/mol. The molecule has 7 fully saturated rings. The zero-order valence-corrected chi connectivity index (χ0v) is 31.4. The van der Waals surface area contributed by atoms with Crippen molar-refractivity contribution in [1.82, 2.24) is 0 Å². The lowest BCUT2D eigenvalue weighted by atomic mass is 9.42. The van der Waals surface area contributed by atoms with Crippen LogP contribution in [0.1, 0.15) is 165 Å². The third kappa shape index (κ3) is 5.18. The van der Waals surface area contributed by atoms with Crippen LogP contribution in [-0.4, -0.2) is 12.3 Å². The highest BCUT2D eigenvalue weighted by atomic mass is 19.1. The lowest BCUT2D eigenvalue weighted by Crippen LogP contribution is -2.57. The van der Waals surface area contributed by atoms with Crippen LogP contribution in [0.2, 0.25) is 0 Å². The summed E-state index contributed by atoms with van der Waals surface area (Å²) in [4.78, 5) is 0. The molecule has 46 heavy (non-hydrogen) atoms. The van der Waals surface area contributed by atoms with Gasteiger partial charge in [0.2, 0.25) is 0 Å². The predicted octanol–water partition coefficient (Wildman–Crippen LogP) is 13.2. The fourth-order valence-electron chi connectivity index (χ4n) is 15.3. The normalized spacial score (nSPS) is 57.9. The Hall–Kier alpha value is -0.400. The van der Waals surface area contributed by atoms with E-state index in [1.54, 1.807) is 5.57 Å². The first kappa shape index (κ1) is 34.1. The zero-order valence-electron chi connectivity index (χ0n) is 31.4. The van der Waals surface area contributed by atoms with Crippen LogP contribution in [0.3, 0.4) is 0 Å². The van der Waals surface area contributed by atoms with Crippen molar-refractivity contribution in [3.63, 3.8) is 0 Å². The molecule has 0 nitrogen and oxygen atoms in total. The van der Waals surface area contributed by atoms with Gasteiger partial charge in [-0.1, -0.05) is 73.5 Å². The van der Waals surface area contributed by atoms with Gasteiger partial charge in [0.05, 0.1) is 0 Å². The van der Waals surface area contributed by atoms with Gasteiger partial charge in [0.25, 0.3) is 0 Å². The topological polar surface area (TPSA) is 0 Å². The fraction of sp³-hybridized carbons (Fsp3) is 0.955. The molecule has 17 atom stereocenters. The van der Waals surface area contributed by atoms with E-state index in [1.165, 1.54) is 83.5 Å². The second-order valence-corrected chi connectivity index (χ2v) is 20.6. The minimum atomic E-state index is -0.577. The van der Waals surface area contributed by atoms with Crippen molar-refractivity contribution in [2.24, 2.45) is 86.8 Å². The molecule has 0 radical (unpaired) electrons. The summed E-state index contributed by atoms with van der Waals surface area (Å²) >= 11 is 0. The van der Waals surface area contributed by atoms with Crippen LogP contribution in [0.4, 0.5) is 8.78 Å². The zero-order chi connectivity index (χ0) is 32.8. The Morgan fingerprint density at radius 1 is 0.543 bits per heavy atom. The first-order chi connectivity index (χ1) is 21.7. The molecule has 6 unspecified atom stereocenters. The number of alkyl halides is 2. The quantitative estimate of drug-likeness (QED) is 0.232. The van der Waals surface area contributed by atoms with Gasteiger partial charge in [-0.2, -0.15) is 0 Å². The standard InChI is InChI=1S/C22H37F.C22H35F/c2*1-14-9-11-21(3)16(13-14)6-7-17-18-8-5-15(2)20(23)22(18,4)12-10-19(17)21/h14-20H,5-13H2,1-4H3;6,14-15,17-20H,5,7-13H2,1-4H3/t14-,15+,16-,17?,18?,19?,20-,21-,22-;14-,15+,17?,18?,19?,20-,21-,22-/m00/s1. The molecule has 0 spiro atoms. The molecule has 0 N–H and O–H groups in total. The minimum Gasteiger partial charge on any atom is -0.247 e. The SMILES string of the molecule is C[C@H]1CC[C@@]2(C)C(=CCC3C2CC[C@@]2(C)C3CC[C@@H](C)[C@@H]2F)C1.C[C@H]1CC[C@]2(C)C3CC[C@@]4(C)C(CC[C@@H](C)[C@@H]4F)C3CC[C@H]2C1. The van der Waals surface area contributed by atoms with E-state index in [0.717, 1.165) is 67.1 Å². The highest BCUT2D eigenvalue weighted by molar-refractivity contribution is 5.25. The van der Waals surface area contributed by atoms with Crippen LogP contribution in [-0.2, 0) is 0 Å². The van der Waals surface area contributed by atoms with Crippen LogP contribution in [0.25, 0.3) is 0 Å². The molecule has 0 bridgehead atoms. The maximum absolute atomic E-state index is 15.1. The lowest BCUT2D eigenvalue weighted by Gasteiger charge is -2.63.